The van der Waals surface area contributed by atoms with Crippen LogP contribution in [0.15, 0.2) is 42.7 Å². The summed E-state index contributed by atoms with van der Waals surface area (Å²) in [7, 11) is 0. The second-order valence-electron chi connectivity index (χ2n) is 5.72. The first kappa shape index (κ1) is 15.9. The SMILES string of the molecule is C=C(C)c1cnc2c(c1)C=C(C(=O)O)CN2Cc1ccc(F)cn1. The number of rotatable bonds is 4. The highest BCUT2D eigenvalue weighted by Crippen LogP contribution is 2.30. The van der Waals surface area contributed by atoms with Crippen molar-refractivity contribution in [1.29, 1.82) is 0 Å². The van der Waals surface area contributed by atoms with E-state index in [0.29, 0.717) is 18.1 Å². The van der Waals surface area contributed by atoms with Gasteiger partial charge in [0.05, 0.1) is 30.6 Å². The zero-order valence-electron chi connectivity index (χ0n) is 13.2. The number of carboxylic acid groups (broad SMARTS) is 1. The Balaban J connectivity index is 1.99. The van der Waals surface area contributed by atoms with Crippen LogP contribution in [0.3, 0.4) is 0 Å². The molecule has 1 aliphatic heterocycles. The molecule has 6 heteroatoms. The number of aliphatic carboxylic acids is 1. The highest BCUT2D eigenvalue weighted by atomic mass is 19.1. The summed E-state index contributed by atoms with van der Waals surface area (Å²) in [5, 5.41) is 9.36. The predicted molar refractivity (Wildman–Crippen MR) is 89.8 cm³/mol. The molecular weight excluding hydrogens is 309 g/mol. The summed E-state index contributed by atoms with van der Waals surface area (Å²) in [5.74, 6) is -0.706. The number of nitrogens with zero attached hydrogens (tertiary/aromatic N) is 3. The number of aromatic nitrogens is 2. The minimum Gasteiger partial charge on any atom is -0.478 e. The molecule has 0 aromatic carbocycles. The van der Waals surface area contributed by atoms with Crippen LogP contribution in [0.4, 0.5) is 10.2 Å². The van der Waals surface area contributed by atoms with Crippen LogP contribution in [-0.4, -0.2) is 27.6 Å². The quantitative estimate of drug-likeness (QED) is 0.935. The van der Waals surface area contributed by atoms with Crippen LogP contribution >= 0.6 is 0 Å². The van der Waals surface area contributed by atoms with Crippen LogP contribution in [-0.2, 0) is 11.3 Å². The number of hydrogen-bond acceptors (Lipinski definition) is 4. The smallest absolute Gasteiger partial charge is 0.333 e. The third-order valence-electron chi connectivity index (χ3n) is 3.79. The van der Waals surface area contributed by atoms with E-state index in [1.807, 2.05) is 17.9 Å². The summed E-state index contributed by atoms with van der Waals surface area (Å²) in [6, 6.07) is 4.78. The third-order valence-corrected chi connectivity index (χ3v) is 3.79. The van der Waals surface area contributed by atoms with Crippen LogP contribution in [0.5, 0.6) is 0 Å². The van der Waals surface area contributed by atoms with Gasteiger partial charge in [0.25, 0.3) is 0 Å². The Morgan fingerprint density at radius 3 is 2.79 bits per heavy atom. The first-order valence-electron chi connectivity index (χ1n) is 7.39. The zero-order valence-corrected chi connectivity index (χ0v) is 13.2. The summed E-state index contributed by atoms with van der Waals surface area (Å²) in [6.45, 7) is 6.31. The molecule has 0 amide bonds. The first-order chi connectivity index (χ1) is 11.4. The lowest BCUT2D eigenvalue weighted by atomic mass is 10.0. The second kappa shape index (κ2) is 6.23. The monoisotopic (exact) mass is 325 g/mol. The third kappa shape index (κ3) is 3.17. The molecule has 1 N–H and O–H groups in total. The molecule has 3 rings (SSSR count). The van der Waals surface area contributed by atoms with E-state index in [0.717, 1.165) is 22.9 Å². The van der Waals surface area contributed by atoms with Crippen molar-refractivity contribution in [2.24, 2.45) is 0 Å². The van der Waals surface area contributed by atoms with Gasteiger partial charge in [-0.3, -0.25) is 4.98 Å². The maximum Gasteiger partial charge on any atom is 0.333 e. The fourth-order valence-electron chi connectivity index (χ4n) is 2.55. The van der Waals surface area contributed by atoms with E-state index in [-0.39, 0.29) is 12.1 Å². The predicted octanol–water partition coefficient (Wildman–Crippen LogP) is 3.14. The summed E-state index contributed by atoms with van der Waals surface area (Å²) in [6.07, 6.45) is 4.49. The molecule has 1 aliphatic rings. The van der Waals surface area contributed by atoms with E-state index >= 15 is 0 Å². The molecule has 122 valence electrons. The average Bonchev–Trinajstić information content (AvgIpc) is 2.56. The Labute approximate surface area is 138 Å². The molecule has 0 saturated carbocycles. The molecule has 5 nitrogen and oxygen atoms in total. The lowest BCUT2D eigenvalue weighted by Gasteiger charge is -2.29. The van der Waals surface area contributed by atoms with Crippen molar-refractivity contribution in [1.82, 2.24) is 9.97 Å². The van der Waals surface area contributed by atoms with E-state index in [1.165, 1.54) is 6.07 Å². The van der Waals surface area contributed by atoms with Gasteiger partial charge in [0, 0.05) is 11.8 Å². The summed E-state index contributed by atoms with van der Waals surface area (Å²) in [4.78, 5) is 21.7. The fourth-order valence-corrected chi connectivity index (χ4v) is 2.55. The van der Waals surface area contributed by atoms with Gasteiger partial charge in [0.1, 0.15) is 11.6 Å². The van der Waals surface area contributed by atoms with Gasteiger partial charge in [0.2, 0.25) is 0 Å². The maximum absolute atomic E-state index is 13.0. The van der Waals surface area contributed by atoms with Crippen LogP contribution in [0.25, 0.3) is 11.6 Å². The maximum atomic E-state index is 13.0. The van der Waals surface area contributed by atoms with Crippen molar-refractivity contribution in [3.63, 3.8) is 0 Å². The number of anilines is 1. The number of allylic oxidation sites excluding steroid dienone is 1. The second-order valence-corrected chi connectivity index (χ2v) is 5.72. The van der Waals surface area contributed by atoms with Gasteiger partial charge in [0.15, 0.2) is 0 Å². The molecule has 0 fully saturated rings. The van der Waals surface area contributed by atoms with Gasteiger partial charge in [-0.2, -0.15) is 0 Å². The van der Waals surface area contributed by atoms with Gasteiger partial charge in [-0.1, -0.05) is 6.58 Å². The van der Waals surface area contributed by atoms with Gasteiger partial charge in [-0.25, -0.2) is 14.2 Å². The van der Waals surface area contributed by atoms with Crippen molar-refractivity contribution in [3.05, 3.63) is 65.4 Å². The number of carbonyl (C=O) groups is 1. The first-order valence-corrected chi connectivity index (χ1v) is 7.39. The molecule has 0 radical (unpaired) electrons. The van der Waals surface area contributed by atoms with Gasteiger partial charge in [-0.15, -0.1) is 0 Å². The summed E-state index contributed by atoms with van der Waals surface area (Å²) < 4.78 is 13.0. The van der Waals surface area contributed by atoms with Crippen LogP contribution in [0, 0.1) is 5.82 Å². The Kier molecular flexibility index (Phi) is 4.12. The van der Waals surface area contributed by atoms with E-state index in [4.69, 9.17) is 0 Å². The van der Waals surface area contributed by atoms with Crippen LogP contribution in [0.1, 0.15) is 23.7 Å². The largest absolute Gasteiger partial charge is 0.478 e. The van der Waals surface area contributed by atoms with Crippen molar-refractivity contribution in [3.8, 4) is 0 Å². The molecule has 0 spiro atoms. The number of pyridine rings is 2. The Morgan fingerprint density at radius 1 is 1.38 bits per heavy atom. The van der Waals surface area contributed by atoms with Crippen molar-refractivity contribution in [2.75, 3.05) is 11.4 Å². The molecule has 0 atom stereocenters. The van der Waals surface area contributed by atoms with E-state index in [9.17, 15) is 14.3 Å². The number of halogens is 1. The Morgan fingerprint density at radius 2 is 2.17 bits per heavy atom. The molecule has 0 aliphatic carbocycles. The number of carboxylic acids is 1. The molecule has 0 unspecified atom stereocenters. The van der Waals surface area contributed by atoms with Crippen molar-refractivity contribution >= 4 is 23.4 Å². The van der Waals surface area contributed by atoms with Gasteiger partial charge in [-0.05, 0) is 42.3 Å². The standard InChI is InChI=1S/C18H16FN3O2/c1-11(2)13-5-12-6-14(18(23)24)9-22(17(12)21-7-13)10-16-4-3-15(19)8-20-16/h3-8H,1,9-10H2,2H3,(H,23,24). The number of fused-ring (bicyclic) bond motifs is 1. The lowest BCUT2D eigenvalue weighted by Crippen LogP contribution is -2.31. The normalized spacial score (nSPS) is 13.2. The van der Waals surface area contributed by atoms with Crippen LogP contribution < -0.4 is 4.90 Å². The zero-order chi connectivity index (χ0) is 17.3. The average molecular weight is 325 g/mol. The van der Waals surface area contributed by atoms with Gasteiger partial charge < -0.3 is 10.0 Å². The van der Waals surface area contributed by atoms with E-state index in [1.54, 1.807) is 18.3 Å². The molecule has 0 bridgehead atoms. The van der Waals surface area contributed by atoms with Crippen LogP contribution in [0.2, 0.25) is 0 Å². The Hall–Kier alpha value is -3.02. The molecule has 3 heterocycles. The molecule has 0 saturated heterocycles. The number of hydrogen-bond donors (Lipinski definition) is 1. The minimum absolute atomic E-state index is 0.209. The fraction of sp³-hybridized carbons (Fsp3) is 0.167. The summed E-state index contributed by atoms with van der Waals surface area (Å²) >= 11 is 0. The minimum atomic E-state index is -0.974. The lowest BCUT2D eigenvalue weighted by molar-refractivity contribution is -0.132. The van der Waals surface area contributed by atoms with Crippen molar-refractivity contribution in [2.45, 2.75) is 13.5 Å². The molecule has 2 aromatic rings. The Bertz CT molecular complexity index is 844. The van der Waals surface area contributed by atoms with E-state index in [2.05, 4.69) is 16.5 Å². The topological polar surface area (TPSA) is 66.3 Å². The summed E-state index contributed by atoms with van der Waals surface area (Å²) in [5.41, 5.74) is 3.34. The molecule has 2 aromatic heterocycles. The molecule has 24 heavy (non-hydrogen) atoms. The molecular formula is C18H16FN3O2. The highest BCUT2D eigenvalue weighted by Gasteiger charge is 2.23. The highest BCUT2D eigenvalue weighted by molar-refractivity contribution is 5.96. The van der Waals surface area contributed by atoms with Gasteiger partial charge >= 0.3 is 5.97 Å². The van der Waals surface area contributed by atoms with Crippen molar-refractivity contribution < 1.29 is 14.3 Å². The van der Waals surface area contributed by atoms with E-state index < -0.39 is 11.8 Å².